The molecule has 26 heavy (non-hydrogen) atoms. The van der Waals surface area contributed by atoms with Gasteiger partial charge in [-0.2, -0.15) is 0 Å². The number of rotatable bonds is 7. The number of amides is 2. The zero-order valence-corrected chi connectivity index (χ0v) is 15.5. The van der Waals surface area contributed by atoms with Crippen LogP contribution in [0.4, 0.5) is 14.9 Å². The van der Waals surface area contributed by atoms with E-state index in [0.29, 0.717) is 6.54 Å². The summed E-state index contributed by atoms with van der Waals surface area (Å²) >= 11 is 0. The lowest BCUT2D eigenvalue weighted by Crippen LogP contribution is -2.42. The number of likely N-dealkylation sites (N-methyl/N-ethyl adjacent to an activating group) is 1. The molecule has 2 rings (SSSR count). The maximum absolute atomic E-state index is 12.9. The molecule has 0 aliphatic carbocycles. The summed E-state index contributed by atoms with van der Waals surface area (Å²) in [6.45, 7) is 5.56. The zero-order valence-electron chi connectivity index (χ0n) is 14.7. The first-order valence-electron chi connectivity index (χ1n) is 8.19. The number of nitrogens with one attached hydrogen (secondary N) is 2. The van der Waals surface area contributed by atoms with Crippen LogP contribution in [-0.4, -0.2) is 34.1 Å². The Balaban J connectivity index is 1.89. The van der Waals surface area contributed by atoms with Crippen LogP contribution >= 0.6 is 0 Å². The molecule has 0 fully saturated rings. The second-order valence-electron chi connectivity index (χ2n) is 5.73. The number of hydrogen-bond donors (Lipinski definition) is 2. The van der Waals surface area contributed by atoms with E-state index in [2.05, 4.69) is 10.2 Å². The highest BCUT2D eigenvalue weighted by Gasteiger charge is 2.17. The highest BCUT2D eigenvalue weighted by molar-refractivity contribution is 7.90. The van der Waals surface area contributed by atoms with Crippen LogP contribution < -0.4 is 14.9 Å². The molecule has 2 amide bonds. The summed E-state index contributed by atoms with van der Waals surface area (Å²) in [6.07, 6.45) is 0. The van der Waals surface area contributed by atoms with Crippen molar-refractivity contribution >= 4 is 21.7 Å². The summed E-state index contributed by atoms with van der Waals surface area (Å²) in [5.74, 6) is -0.552. The molecule has 0 aliphatic rings. The Bertz CT molecular complexity index is 854. The monoisotopic (exact) mass is 379 g/mol. The van der Waals surface area contributed by atoms with E-state index in [1.165, 1.54) is 0 Å². The highest BCUT2D eigenvalue weighted by atomic mass is 32.2. The highest BCUT2D eigenvalue weighted by Crippen LogP contribution is 2.15. The molecular weight excluding hydrogens is 357 g/mol. The van der Waals surface area contributed by atoms with E-state index in [1.54, 1.807) is 0 Å². The molecule has 8 heteroatoms. The Morgan fingerprint density at radius 3 is 2.46 bits per heavy atom. The van der Waals surface area contributed by atoms with Gasteiger partial charge >= 0.3 is 6.03 Å². The van der Waals surface area contributed by atoms with Crippen molar-refractivity contribution in [2.75, 3.05) is 24.5 Å². The van der Waals surface area contributed by atoms with E-state index in [-0.39, 0.29) is 11.4 Å². The minimum absolute atomic E-state index is 0.177. The molecule has 2 aromatic carbocycles. The predicted molar refractivity (Wildman–Crippen MR) is 99.2 cm³/mol. The molecule has 6 nitrogen and oxygen atoms in total. The van der Waals surface area contributed by atoms with Crippen molar-refractivity contribution in [3.8, 4) is 0 Å². The van der Waals surface area contributed by atoms with Crippen molar-refractivity contribution in [1.82, 2.24) is 10.0 Å². The molecule has 0 bridgehead atoms. The average Bonchev–Trinajstić information content (AvgIpc) is 2.58. The number of anilines is 1. The number of hydrogen-bond acceptors (Lipinski definition) is 4. The van der Waals surface area contributed by atoms with Gasteiger partial charge in [-0.25, -0.2) is 22.3 Å². The van der Waals surface area contributed by atoms with Crippen molar-refractivity contribution in [3.05, 3.63) is 59.9 Å². The Hall–Kier alpha value is -2.61. The Labute approximate surface area is 153 Å². The molecule has 0 spiro atoms. The quantitative estimate of drug-likeness (QED) is 0.775. The SMILES string of the molecule is CCN(CCNC(=O)NS(=O)(=O)c1ccc(F)cc1)c1cccc(C)c1. The van der Waals surface area contributed by atoms with Crippen molar-refractivity contribution < 1.29 is 17.6 Å². The molecular formula is C18H22FN3O3S. The Morgan fingerprint density at radius 2 is 1.85 bits per heavy atom. The van der Waals surface area contributed by atoms with Crippen LogP contribution in [0.25, 0.3) is 0 Å². The van der Waals surface area contributed by atoms with Gasteiger partial charge in [0, 0.05) is 25.3 Å². The number of carbonyl (C=O) groups excluding carboxylic acids is 1. The van der Waals surface area contributed by atoms with Crippen LogP contribution in [0.3, 0.4) is 0 Å². The molecule has 0 heterocycles. The minimum atomic E-state index is -4.03. The lowest BCUT2D eigenvalue weighted by molar-refractivity contribution is 0.246. The normalized spacial score (nSPS) is 11.0. The Morgan fingerprint density at radius 1 is 1.15 bits per heavy atom. The second kappa shape index (κ2) is 8.66. The number of nitrogens with zero attached hydrogens (tertiary/aromatic N) is 1. The molecule has 0 radical (unpaired) electrons. The van der Waals surface area contributed by atoms with E-state index < -0.39 is 21.9 Å². The number of sulfonamides is 1. The van der Waals surface area contributed by atoms with Crippen molar-refractivity contribution in [2.24, 2.45) is 0 Å². The summed E-state index contributed by atoms with van der Waals surface area (Å²) in [7, 11) is -4.03. The molecule has 0 aliphatic heterocycles. The van der Waals surface area contributed by atoms with E-state index in [1.807, 2.05) is 42.8 Å². The van der Waals surface area contributed by atoms with Gasteiger partial charge in [-0.3, -0.25) is 0 Å². The van der Waals surface area contributed by atoms with Crippen molar-refractivity contribution in [1.29, 1.82) is 0 Å². The molecule has 0 atom stereocenters. The number of halogens is 1. The maximum Gasteiger partial charge on any atom is 0.328 e. The zero-order chi connectivity index (χ0) is 19.2. The first-order chi connectivity index (χ1) is 12.3. The molecule has 0 unspecified atom stereocenters. The molecule has 0 saturated carbocycles. The lowest BCUT2D eigenvalue weighted by atomic mass is 10.2. The van der Waals surface area contributed by atoms with Gasteiger partial charge in [0.15, 0.2) is 0 Å². The number of urea groups is 1. The first-order valence-corrected chi connectivity index (χ1v) is 9.68. The van der Waals surface area contributed by atoms with Crippen molar-refractivity contribution in [2.45, 2.75) is 18.7 Å². The predicted octanol–water partition coefficient (Wildman–Crippen LogP) is 2.65. The molecule has 0 aromatic heterocycles. The summed E-state index contributed by atoms with van der Waals surface area (Å²) < 4.78 is 38.9. The maximum atomic E-state index is 12.9. The molecule has 2 N–H and O–H groups in total. The van der Waals surface area contributed by atoms with Crippen LogP contribution in [0, 0.1) is 12.7 Å². The van der Waals surface area contributed by atoms with Gasteiger partial charge in [0.25, 0.3) is 10.0 Å². The summed E-state index contributed by atoms with van der Waals surface area (Å²) in [6, 6.07) is 11.4. The fraction of sp³-hybridized carbons (Fsp3) is 0.278. The number of aryl methyl sites for hydroxylation is 1. The molecule has 2 aromatic rings. The van der Waals surface area contributed by atoms with Gasteiger partial charge in [-0.1, -0.05) is 12.1 Å². The smallest absolute Gasteiger partial charge is 0.328 e. The average molecular weight is 379 g/mol. The van der Waals surface area contributed by atoms with Gasteiger partial charge in [-0.15, -0.1) is 0 Å². The van der Waals surface area contributed by atoms with Gasteiger partial charge in [-0.05, 0) is 55.8 Å². The topological polar surface area (TPSA) is 78.5 Å². The molecule has 0 saturated heterocycles. The number of benzene rings is 2. The molecule has 140 valence electrons. The van der Waals surface area contributed by atoms with Gasteiger partial charge in [0.05, 0.1) is 4.90 Å². The van der Waals surface area contributed by atoms with Crippen LogP contribution in [-0.2, 0) is 10.0 Å². The third kappa shape index (κ3) is 5.45. The van der Waals surface area contributed by atoms with E-state index in [9.17, 15) is 17.6 Å². The van der Waals surface area contributed by atoms with E-state index >= 15 is 0 Å². The second-order valence-corrected chi connectivity index (χ2v) is 7.42. The summed E-state index contributed by atoms with van der Waals surface area (Å²) in [5, 5.41) is 2.52. The Kier molecular flexibility index (Phi) is 6.57. The van der Waals surface area contributed by atoms with Crippen LogP contribution in [0.15, 0.2) is 53.4 Å². The first kappa shape index (κ1) is 19.7. The third-order valence-electron chi connectivity index (χ3n) is 3.77. The summed E-state index contributed by atoms with van der Waals surface area (Å²) in [5.41, 5.74) is 2.17. The lowest BCUT2D eigenvalue weighted by Gasteiger charge is -2.23. The third-order valence-corrected chi connectivity index (χ3v) is 5.11. The standard InChI is InChI=1S/C18H22FN3O3S/c1-3-22(16-6-4-5-14(2)13-16)12-11-20-18(23)21-26(24,25)17-9-7-15(19)8-10-17/h4-10,13H,3,11-12H2,1-2H3,(H2,20,21,23). The fourth-order valence-electron chi connectivity index (χ4n) is 2.43. The summed E-state index contributed by atoms with van der Waals surface area (Å²) in [4.78, 5) is 13.8. The van der Waals surface area contributed by atoms with E-state index in [0.717, 1.165) is 42.1 Å². The van der Waals surface area contributed by atoms with Crippen LogP contribution in [0.1, 0.15) is 12.5 Å². The van der Waals surface area contributed by atoms with Gasteiger partial charge in [0.1, 0.15) is 5.82 Å². The van der Waals surface area contributed by atoms with E-state index in [4.69, 9.17) is 0 Å². The number of carbonyl (C=O) groups is 1. The van der Waals surface area contributed by atoms with Crippen molar-refractivity contribution in [3.63, 3.8) is 0 Å². The van der Waals surface area contributed by atoms with Crippen LogP contribution in [0.2, 0.25) is 0 Å². The fourth-order valence-corrected chi connectivity index (χ4v) is 3.36. The minimum Gasteiger partial charge on any atom is -0.370 e. The largest absolute Gasteiger partial charge is 0.370 e. The van der Waals surface area contributed by atoms with Crippen LogP contribution in [0.5, 0.6) is 0 Å². The van der Waals surface area contributed by atoms with Gasteiger partial charge in [0.2, 0.25) is 0 Å². The van der Waals surface area contributed by atoms with Gasteiger partial charge < -0.3 is 10.2 Å².